The molecule has 0 saturated carbocycles. The predicted octanol–water partition coefficient (Wildman–Crippen LogP) is 2.93. The van der Waals surface area contributed by atoms with Gasteiger partial charge >= 0.3 is 0 Å². The van der Waals surface area contributed by atoms with Crippen molar-refractivity contribution in [3.8, 4) is 0 Å². The number of aliphatic imine (C=N–C) groups is 1. The van der Waals surface area contributed by atoms with Gasteiger partial charge < -0.3 is 19.7 Å². The Bertz CT molecular complexity index is 884. The number of nitrogens with one attached hydrogen (secondary N) is 1. The number of guanidine groups is 1. The number of benzene rings is 1. The SMILES string of the molecule is CCNC(=NCC(=O)N1CCc2ccccc2C1)N1CCC(C)C(n2ccnc2)C1.I. The third kappa shape index (κ3) is 5.58. The van der Waals surface area contributed by atoms with Crippen LogP contribution >= 0.6 is 24.0 Å². The predicted molar refractivity (Wildman–Crippen MR) is 134 cm³/mol. The highest BCUT2D eigenvalue weighted by atomic mass is 127. The summed E-state index contributed by atoms with van der Waals surface area (Å²) in [5, 5.41) is 3.39. The van der Waals surface area contributed by atoms with Crippen LogP contribution in [0.2, 0.25) is 0 Å². The van der Waals surface area contributed by atoms with Crippen molar-refractivity contribution in [1.29, 1.82) is 0 Å². The molecule has 2 atom stereocenters. The summed E-state index contributed by atoms with van der Waals surface area (Å²) in [6.07, 6.45) is 7.77. The largest absolute Gasteiger partial charge is 0.357 e. The number of aromatic nitrogens is 2. The lowest BCUT2D eigenvalue weighted by molar-refractivity contribution is -0.130. The third-order valence-electron chi connectivity index (χ3n) is 6.31. The van der Waals surface area contributed by atoms with Crippen LogP contribution in [0.15, 0.2) is 48.0 Å². The van der Waals surface area contributed by atoms with Crippen molar-refractivity contribution in [2.45, 2.75) is 39.3 Å². The number of fused-ring (bicyclic) bond motifs is 1. The Hall–Kier alpha value is -2.10. The summed E-state index contributed by atoms with van der Waals surface area (Å²) >= 11 is 0. The fraction of sp³-hybridized carbons (Fsp3) is 0.522. The van der Waals surface area contributed by atoms with Gasteiger partial charge in [0.1, 0.15) is 6.54 Å². The molecular weight excluding hydrogens is 503 g/mol. The van der Waals surface area contributed by atoms with Crippen molar-refractivity contribution in [3.05, 3.63) is 54.1 Å². The Morgan fingerprint density at radius 1 is 1.23 bits per heavy atom. The quantitative estimate of drug-likeness (QED) is 0.371. The fourth-order valence-corrected chi connectivity index (χ4v) is 4.47. The molecule has 0 spiro atoms. The summed E-state index contributed by atoms with van der Waals surface area (Å²) in [6.45, 7) is 8.61. The van der Waals surface area contributed by atoms with Gasteiger partial charge in [0.2, 0.25) is 5.91 Å². The van der Waals surface area contributed by atoms with Gasteiger partial charge in [-0.15, -0.1) is 24.0 Å². The van der Waals surface area contributed by atoms with Gasteiger partial charge in [0.05, 0.1) is 12.4 Å². The van der Waals surface area contributed by atoms with E-state index < -0.39 is 0 Å². The van der Waals surface area contributed by atoms with Crippen LogP contribution in [0.3, 0.4) is 0 Å². The molecule has 2 unspecified atom stereocenters. The van der Waals surface area contributed by atoms with E-state index in [4.69, 9.17) is 4.99 Å². The summed E-state index contributed by atoms with van der Waals surface area (Å²) in [7, 11) is 0. The average Bonchev–Trinajstić information content (AvgIpc) is 3.31. The lowest BCUT2D eigenvalue weighted by Gasteiger charge is -2.39. The molecule has 31 heavy (non-hydrogen) atoms. The third-order valence-corrected chi connectivity index (χ3v) is 6.31. The van der Waals surface area contributed by atoms with Gasteiger partial charge in [-0.3, -0.25) is 4.79 Å². The van der Waals surface area contributed by atoms with Crippen LogP contribution in [-0.2, 0) is 17.8 Å². The fourth-order valence-electron chi connectivity index (χ4n) is 4.47. The first-order valence-corrected chi connectivity index (χ1v) is 11.0. The zero-order valence-corrected chi connectivity index (χ0v) is 20.7. The van der Waals surface area contributed by atoms with E-state index in [2.05, 4.69) is 51.8 Å². The molecule has 0 radical (unpaired) electrons. The maximum atomic E-state index is 12.9. The van der Waals surface area contributed by atoms with E-state index >= 15 is 0 Å². The summed E-state index contributed by atoms with van der Waals surface area (Å²) < 4.78 is 2.19. The van der Waals surface area contributed by atoms with E-state index in [1.807, 2.05) is 29.7 Å². The van der Waals surface area contributed by atoms with Crippen LogP contribution in [0.5, 0.6) is 0 Å². The van der Waals surface area contributed by atoms with Crippen LogP contribution in [0.25, 0.3) is 0 Å². The van der Waals surface area contributed by atoms with Gasteiger partial charge in [0.25, 0.3) is 0 Å². The number of imidazole rings is 1. The Labute approximate surface area is 201 Å². The highest BCUT2D eigenvalue weighted by Gasteiger charge is 2.29. The molecule has 0 bridgehead atoms. The van der Waals surface area contributed by atoms with Gasteiger partial charge in [-0.1, -0.05) is 31.2 Å². The second-order valence-corrected chi connectivity index (χ2v) is 8.29. The maximum absolute atomic E-state index is 12.9. The van der Waals surface area contributed by atoms with Crippen LogP contribution < -0.4 is 5.32 Å². The molecule has 1 N–H and O–H groups in total. The Balaban J connectivity index is 0.00000272. The number of piperidine rings is 1. The van der Waals surface area contributed by atoms with Crippen LogP contribution in [0, 0.1) is 5.92 Å². The van der Waals surface area contributed by atoms with Crippen molar-refractivity contribution < 1.29 is 4.79 Å². The topological polar surface area (TPSA) is 65.8 Å². The number of hydrogen-bond donors (Lipinski definition) is 1. The zero-order valence-electron chi connectivity index (χ0n) is 18.4. The molecule has 1 fully saturated rings. The van der Waals surface area contributed by atoms with Crippen molar-refractivity contribution in [3.63, 3.8) is 0 Å². The van der Waals surface area contributed by atoms with E-state index in [-0.39, 0.29) is 36.4 Å². The molecule has 1 aromatic heterocycles. The zero-order chi connectivity index (χ0) is 20.9. The van der Waals surface area contributed by atoms with E-state index in [0.29, 0.717) is 18.5 Å². The van der Waals surface area contributed by atoms with Gasteiger partial charge in [-0.05, 0) is 36.8 Å². The molecule has 0 aliphatic carbocycles. The van der Waals surface area contributed by atoms with Gasteiger partial charge in [0.15, 0.2) is 5.96 Å². The second kappa shape index (κ2) is 11.0. The van der Waals surface area contributed by atoms with Crippen LogP contribution in [-0.4, -0.2) is 63.9 Å². The van der Waals surface area contributed by atoms with Crippen molar-refractivity contribution in [2.75, 3.05) is 32.7 Å². The number of carbonyl (C=O) groups is 1. The van der Waals surface area contributed by atoms with E-state index in [0.717, 1.165) is 45.0 Å². The highest BCUT2D eigenvalue weighted by Crippen LogP contribution is 2.27. The number of likely N-dealkylation sites (tertiary alicyclic amines) is 1. The van der Waals surface area contributed by atoms with Crippen LogP contribution in [0.4, 0.5) is 0 Å². The molecule has 2 aliphatic rings. The normalized spacial score (nSPS) is 21.3. The number of halogens is 1. The molecule has 1 saturated heterocycles. The molecule has 2 aromatic rings. The maximum Gasteiger partial charge on any atom is 0.244 e. The van der Waals surface area contributed by atoms with Crippen molar-refractivity contribution in [2.24, 2.45) is 10.9 Å². The summed E-state index contributed by atoms with van der Waals surface area (Å²) in [5.41, 5.74) is 2.60. The van der Waals surface area contributed by atoms with Crippen molar-refractivity contribution >= 4 is 35.8 Å². The lowest BCUT2D eigenvalue weighted by atomic mass is 9.93. The average molecular weight is 536 g/mol. The molecule has 8 heteroatoms. The minimum Gasteiger partial charge on any atom is -0.357 e. The van der Waals surface area contributed by atoms with Gasteiger partial charge in [0, 0.05) is 45.1 Å². The van der Waals surface area contributed by atoms with Gasteiger partial charge in [-0.25, -0.2) is 9.98 Å². The van der Waals surface area contributed by atoms with E-state index in [9.17, 15) is 4.79 Å². The van der Waals surface area contributed by atoms with Gasteiger partial charge in [-0.2, -0.15) is 0 Å². The number of hydrogen-bond acceptors (Lipinski definition) is 3. The van der Waals surface area contributed by atoms with Crippen LogP contribution in [0.1, 0.15) is 37.4 Å². The number of carbonyl (C=O) groups excluding carboxylic acids is 1. The molecule has 7 nitrogen and oxygen atoms in total. The first-order valence-electron chi connectivity index (χ1n) is 11.0. The first kappa shape index (κ1) is 23.6. The van der Waals surface area contributed by atoms with E-state index in [1.165, 1.54) is 11.1 Å². The van der Waals surface area contributed by atoms with E-state index in [1.54, 1.807) is 0 Å². The standard InChI is InChI=1S/C23H32N6O.HI/c1-3-25-23(28-11-8-18(2)21(16-28)29-13-10-24-17-29)26-14-22(30)27-12-9-19-6-4-5-7-20(19)15-27;/h4-7,10,13,17-18,21H,3,8-9,11-12,14-16H2,1-2H3,(H,25,26);1H. The minimum absolute atomic E-state index is 0. The summed E-state index contributed by atoms with van der Waals surface area (Å²) in [5.74, 6) is 1.50. The first-order chi connectivity index (χ1) is 14.7. The Morgan fingerprint density at radius 2 is 2.03 bits per heavy atom. The Morgan fingerprint density at radius 3 is 2.77 bits per heavy atom. The summed E-state index contributed by atoms with van der Waals surface area (Å²) in [4.78, 5) is 26.0. The molecule has 1 amide bonds. The number of amides is 1. The molecular formula is C23H33IN6O. The summed E-state index contributed by atoms with van der Waals surface area (Å²) in [6, 6.07) is 8.75. The second-order valence-electron chi connectivity index (χ2n) is 8.29. The highest BCUT2D eigenvalue weighted by molar-refractivity contribution is 14.0. The number of nitrogens with zero attached hydrogens (tertiary/aromatic N) is 5. The smallest absolute Gasteiger partial charge is 0.244 e. The molecule has 3 heterocycles. The minimum atomic E-state index is 0. The molecule has 2 aliphatic heterocycles. The molecule has 168 valence electrons. The number of rotatable bonds is 4. The Kier molecular flexibility index (Phi) is 8.34. The molecule has 4 rings (SSSR count). The monoisotopic (exact) mass is 536 g/mol. The lowest BCUT2D eigenvalue weighted by Crippen LogP contribution is -2.49. The molecule has 1 aromatic carbocycles. The van der Waals surface area contributed by atoms with Crippen molar-refractivity contribution in [1.82, 2.24) is 24.7 Å².